The number of hydrogen-bond acceptors (Lipinski definition) is 8. The van der Waals surface area contributed by atoms with Crippen molar-refractivity contribution in [2.75, 3.05) is 27.3 Å². The van der Waals surface area contributed by atoms with Gasteiger partial charge in [0.1, 0.15) is 23.7 Å². The fourth-order valence-electron chi connectivity index (χ4n) is 8.47. The van der Waals surface area contributed by atoms with Crippen LogP contribution in [0.1, 0.15) is 82.7 Å². The number of aromatic amines is 2. The van der Waals surface area contributed by atoms with Crippen LogP contribution in [-0.2, 0) is 25.2 Å². The first kappa shape index (κ1) is 43.7. The highest BCUT2D eigenvalue weighted by Gasteiger charge is 2.39. The van der Waals surface area contributed by atoms with Crippen molar-refractivity contribution in [3.05, 3.63) is 84.2 Å². The number of hydrogen-bond donors (Lipinski definition) is 4. The summed E-state index contributed by atoms with van der Waals surface area (Å²) in [6.07, 6.45) is -0.115. The summed E-state index contributed by atoms with van der Waals surface area (Å²) in [4.78, 5) is 70.2. The van der Waals surface area contributed by atoms with Crippen molar-refractivity contribution in [2.24, 2.45) is 11.8 Å². The molecular formula is C45H51F3N8O6. The summed E-state index contributed by atoms with van der Waals surface area (Å²) in [6.45, 7) is 8.31. The van der Waals surface area contributed by atoms with Gasteiger partial charge in [-0.1, -0.05) is 64.1 Å². The Morgan fingerprint density at radius 1 is 0.677 bits per heavy atom. The molecule has 0 spiro atoms. The zero-order valence-electron chi connectivity index (χ0n) is 35.4. The highest BCUT2D eigenvalue weighted by Crippen LogP contribution is 2.41. The minimum atomic E-state index is -4.68. The molecule has 4 heterocycles. The summed E-state index contributed by atoms with van der Waals surface area (Å²) in [7, 11) is 2.48. The van der Waals surface area contributed by atoms with Crippen molar-refractivity contribution < 1.29 is 41.8 Å². The Kier molecular flexibility index (Phi) is 12.6. The van der Waals surface area contributed by atoms with Gasteiger partial charge in [0.25, 0.3) is 0 Å². The summed E-state index contributed by atoms with van der Waals surface area (Å²) in [5, 5.41) is 6.82. The van der Waals surface area contributed by atoms with Gasteiger partial charge in [-0.3, -0.25) is 9.59 Å². The zero-order valence-corrected chi connectivity index (χ0v) is 35.4. The molecule has 0 aliphatic carbocycles. The number of carbonyl (C=O) groups excluding carboxylic acids is 4. The van der Waals surface area contributed by atoms with Crippen LogP contribution in [0.15, 0.2) is 67.0 Å². The lowest BCUT2D eigenvalue weighted by Gasteiger charge is -2.30. The van der Waals surface area contributed by atoms with Gasteiger partial charge in [-0.25, -0.2) is 19.6 Å². The van der Waals surface area contributed by atoms with Gasteiger partial charge >= 0.3 is 18.4 Å². The van der Waals surface area contributed by atoms with Crippen molar-refractivity contribution in [1.82, 2.24) is 40.4 Å². The molecule has 62 heavy (non-hydrogen) atoms. The maximum Gasteiger partial charge on any atom is 0.417 e. The first-order chi connectivity index (χ1) is 29.6. The van der Waals surface area contributed by atoms with Crippen LogP contribution in [0.25, 0.3) is 44.4 Å². The van der Waals surface area contributed by atoms with Crippen LogP contribution in [0.5, 0.6) is 0 Å². The Bertz CT molecular complexity index is 2460. The summed E-state index contributed by atoms with van der Waals surface area (Å²) < 4.78 is 53.8. The third-order valence-electron chi connectivity index (χ3n) is 11.8. The van der Waals surface area contributed by atoms with E-state index < -0.39 is 42.1 Å². The van der Waals surface area contributed by atoms with Crippen LogP contribution in [-0.4, -0.2) is 93.1 Å². The van der Waals surface area contributed by atoms with Gasteiger partial charge < -0.3 is 39.9 Å². The number of ether oxygens (including phenoxy) is 2. The number of alkyl carbamates (subject to hydrolysis) is 2. The van der Waals surface area contributed by atoms with Crippen LogP contribution >= 0.6 is 0 Å². The predicted molar refractivity (Wildman–Crippen MR) is 225 cm³/mol. The van der Waals surface area contributed by atoms with Crippen LogP contribution in [0, 0.1) is 11.8 Å². The second-order valence-corrected chi connectivity index (χ2v) is 16.5. The monoisotopic (exact) mass is 856 g/mol. The number of imidazole rings is 2. The molecule has 17 heteroatoms. The van der Waals surface area contributed by atoms with Crippen molar-refractivity contribution in [2.45, 2.75) is 83.7 Å². The van der Waals surface area contributed by atoms with Gasteiger partial charge in [0, 0.05) is 24.2 Å². The number of nitrogens with one attached hydrogen (secondary N) is 4. The van der Waals surface area contributed by atoms with Gasteiger partial charge in [0.05, 0.1) is 55.6 Å². The number of H-pyrrole nitrogens is 2. The van der Waals surface area contributed by atoms with Crippen molar-refractivity contribution in [3.63, 3.8) is 0 Å². The van der Waals surface area contributed by atoms with Crippen molar-refractivity contribution >= 4 is 34.8 Å². The molecule has 2 saturated heterocycles. The van der Waals surface area contributed by atoms with E-state index in [9.17, 15) is 32.3 Å². The standard InChI is InChI=1S/C45H51F3N8O6/c1-24(2)37(53-43(59)61-5)41(57)55-17-7-9-35(55)39-49-22-33(51-39)29-14-12-26-19-28(13-11-27(26)20-29)31-16-15-30(21-32(31)45(46,47)48)34-23-50-40(52-34)36-10-8-18-56(36)42(58)38(25(3)4)54-44(60)62-6/h11-16,19-25,35-38H,7-10,17-18H2,1-6H3,(H,49,51)(H,50,52)(H,53,59)(H,54,60). The minimum Gasteiger partial charge on any atom is -0.453 e. The van der Waals surface area contributed by atoms with E-state index in [0.29, 0.717) is 55.3 Å². The van der Waals surface area contributed by atoms with Gasteiger partial charge in [-0.15, -0.1) is 0 Å². The molecule has 2 aromatic heterocycles. The van der Waals surface area contributed by atoms with Crippen molar-refractivity contribution in [3.8, 4) is 33.6 Å². The number of benzene rings is 3. The highest BCUT2D eigenvalue weighted by atomic mass is 19.4. The average Bonchev–Trinajstić information content (AvgIpc) is 4.10. The topological polar surface area (TPSA) is 175 Å². The summed E-state index contributed by atoms with van der Waals surface area (Å²) >= 11 is 0. The normalized spacial score (nSPS) is 17.7. The first-order valence-electron chi connectivity index (χ1n) is 20.7. The molecule has 3 aromatic carbocycles. The molecule has 0 saturated carbocycles. The van der Waals surface area contributed by atoms with Crippen molar-refractivity contribution in [1.29, 1.82) is 0 Å². The molecule has 0 radical (unpaired) electrons. The highest BCUT2D eigenvalue weighted by molar-refractivity contribution is 5.91. The summed E-state index contributed by atoms with van der Waals surface area (Å²) in [5.41, 5.74) is 1.81. The number of methoxy groups -OCH3 is 2. The number of fused-ring (bicyclic) bond motifs is 1. The largest absolute Gasteiger partial charge is 0.453 e. The van der Waals surface area contributed by atoms with Crippen LogP contribution in [0.3, 0.4) is 0 Å². The molecule has 2 aliphatic heterocycles. The number of likely N-dealkylation sites (tertiary alicyclic amines) is 2. The van der Waals surface area contributed by atoms with Crippen LogP contribution < -0.4 is 10.6 Å². The fraction of sp³-hybridized carbons (Fsp3) is 0.422. The number of aromatic nitrogens is 4. The maximum atomic E-state index is 14.8. The maximum absolute atomic E-state index is 14.8. The molecule has 4 atom stereocenters. The van der Waals surface area contributed by atoms with E-state index >= 15 is 0 Å². The quantitative estimate of drug-likeness (QED) is 0.102. The SMILES string of the molecule is COC(=O)NC(C(=O)N1CCCC1c1ncc(-c2ccc(-c3ccc4cc(-c5cnc(C6CCCN6C(=O)C(NC(=O)OC)C(C)C)[nH]5)ccc4c3)c(C(F)(F)F)c2)[nH]1)C(C)C. The van der Waals surface area contributed by atoms with Gasteiger partial charge in [-0.2, -0.15) is 13.2 Å². The Hall–Kier alpha value is -6.39. The summed E-state index contributed by atoms with van der Waals surface area (Å²) in [6, 6.07) is 12.7. The Balaban J connectivity index is 1.10. The van der Waals surface area contributed by atoms with Crippen LogP contribution in [0.4, 0.5) is 22.8 Å². The zero-order chi connectivity index (χ0) is 44.5. The van der Waals surface area contributed by atoms with E-state index in [-0.39, 0.29) is 40.8 Å². The third kappa shape index (κ3) is 8.97. The van der Waals surface area contributed by atoms with E-state index in [0.717, 1.165) is 34.5 Å². The van der Waals surface area contributed by atoms with Gasteiger partial charge in [0.2, 0.25) is 11.8 Å². The average molecular weight is 857 g/mol. The number of carbonyl (C=O) groups is 4. The molecule has 2 fully saturated rings. The molecule has 2 aliphatic rings. The molecular weight excluding hydrogens is 806 g/mol. The Labute approximate surface area is 357 Å². The minimum absolute atomic E-state index is 0.0210. The molecule has 4 unspecified atom stereocenters. The molecule has 7 rings (SSSR count). The van der Waals surface area contributed by atoms with E-state index in [1.165, 1.54) is 26.5 Å². The van der Waals surface area contributed by atoms with Gasteiger partial charge in [-0.05, 0) is 77.6 Å². The molecule has 14 nitrogen and oxygen atoms in total. The van der Waals surface area contributed by atoms with E-state index in [4.69, 9.17) is 9.47 Å². The number of halogens is 3. The second-order valence-electron chi connectivity index (χ2n) is 16.5. The lowest BCUT2D eigenvalue weighted by atomic mass is 9.94. The number of nitrogens with zero attached hydrogens (tertiary/aromatic N) is 4. The summed E-state index contributed by atoms with van der Waals surface area (Å²) in [5.74, 6) is 0.192. The molecule has 0 bridgehead atoms. The van der Waals surface area contributed by atoms with Crippen LogP contribution in [0.2, 0.25) is 0 Å². The number of rotatable bonds is 11. The smallest absolute Gasteiger partial charge is 0.417 e. The van der Waals surface area contributed by atoms with E-state index in [1.807, 2.05) is 45.9 Å². The molecule has 4 amide bonds. The molecule has 5 aromatic rings. The third-order valence-corrected chi connectivity index (χ3v) is 11.8. The fourth-order valence-corrected chi connectivity index (χ4v) is 8.47. The number of alkyl halides is 3. The Morgan fingerprint density at radius 2 is 1.11 bits per heavy atom. The molecule has 4 N–H and O–H groups in total. The molecule has 328 valence electrons. The van der Waals surface area contributed by atoms with E-state index in [2.05, 4.69) is 30.6 Å². The first-order valence-corrected chi connectivity index (χ1v) is 20.7. The Morgan fingerprint density at radius 3 is 1.56 bits per heavy atom. The number of amides is 4. The second kappa shape index (κ2) is 17.9. The van der Waals surface area contributed by atoms with Gasteiger partial charge in [0.15, 0.2) is 0 Å². The lowest BCUT2D eigenvalue weighted by molar-refractivity contribution is -0.137. The lowest BCUT2D eigenvalue weighted by Crippen LogP contribution is -2.51. The predicted octanol–water partition coefficient (Wildman–Crippen LogP) is 8.39. The van der Waals surface area contributed by atoms with E-state index in [1.54, 1.807) is 40.3 Å².